The fourth-order valence-electron chi connectivity index (χ4n) is 2.06. The molecule has 104 valence electrons. The number of hydrogen-bond acceptors (Lipinski definition) is 3. The van der Waals surface area contributed by atoms with Crippen molar-refractivity contribution in [3.05, 3.63) is 29.3 Å². The molecule has 1 aromatic carbocycles. The van der Waals surface area contributed by atoms with Crippen molar-refractivity contribution in [1.82, 2.24) is 10.6 Å². The SMILES string of the molecule is CC(Sc1ccc(Cl)cc1)C(=O)NC1CCCNC1. The molecule has 19 heavy (non-hydrogen) atoms. The number of halogens is 1. The smallest absolute Gasteiger partial charge is 0.233 e. The summed E-state index contributed by atoms with van der Waals surface area (Å²) in [4.78, 5) is 13.2. The quantitative estimate of drug-likeness (QED) is 0.840. The largest absolute Gasteiger partial charge is 0.351 e. The minimum atomic E-state index is -0.0943. The molecule has 1 aliphatic rings. The van der Waals surface area contributed by atoms with Crippen molar-refractivity contribution >= 4 is 29.3 Å². The Morgan fingerprint density at radius 2 is 2.21 bits per heavy atom. The molecule has 0 bridgehead atoms. The zero-order valence-corrected chi connectivity index (χ0v) is 12.6. The summed E-state index contributed by atoms with van der Waals surface area (Å²) in [6.45, 7) is 3.87. The summed E-state index contributed by atoms with van der Waals surface area (Å²) in [6.07, 6.45) is 2.20. The summed E-state index contributed by atoms with van der Waals surface area (Å²) in [7, 11) is 0. The van der Waals surface area contributed by atoms with Gasteiger partial charge in [0.2, 0.25) is 5.91 Å². The number of carbonyl (C=O) groups excluding carboxylic acids is 1. The Bertz CT molecular complexity index is 418. The summed E-state index contributed by atoms with van der Waals surface area (Å²) in [6, 6.07) is 7.85. The van der Waals surface area contributed by atoms with Gasteiger partial charge in [-0.05, 0) is 50.6 Å². The number of hydrogen-bond donors (Lipinski definition) is 2. The van der Waals surface area contributed by atoms with Crippen LogP contribution in [0.1, 0.15) is 19.8 Å². The summed E-state index contributed by atoms with van der Waals surface area (Å²) in [5, 5.41) is 7.02. The molecule has 2 atom stereocenters. The van der Waals surface area contributed by atoms with Crippen molar-refractivity contribution in [3.63, 3.8) is 0 Å². The first kappa shape index (κ1) is 14.7. The number of nitrogens with one attached hydrogen (secondary N) is 2. The standard InChI is InChI=1S/C14H19ClN2OS/c1-10(19-13-6-4-11(15)5-7-13)14(18)17-12-3-2-8-16-9-12/h4-7,10,12,16H,2-3,8-9H2,1H3,(H,17,18). The number of piperidine rings is 1. The Hall–Kier alpha value is -0.710. The molecule has 1 aliphatic heterocycles. The van der Waals surface area contributed by atoms with E-state index in [9.17, 15) is 4.79 Å². The number of carbonyl (C=O) groups is 1. The first-order chi connectivity index (χ1) is 9.15. The maximum atomic E-state index is 12.1. The minimum absolute atomic E-state index is 0.0943. The normalized spacial score (nSPS) is 20.8. The van der Waals surface area contributed by atoms with E-state index in [1.165, 1.54) is 0 Å². The van der Waals surface area contributed by atoms with Crippen LogP contribution >= 0.6 is 23.4 Å². The third kappa shape index (κ3) is 4.71. The number of amides is 1. The highest BCUT2D eigenvalue weighted by Crippen LogP contribution is 2.24. The van der Waals surface area contributed by atoms with E-state index in [2.05, 4.69) is 10.6 Å². The second-order valence-electron chi connectivity index (χ2n) is 4.77. The molecule has 1 aromatic rings. The maximum Gasteiger partial charge on any atom is 0.233 e. The number of rotatable bonds is 4. The Kier molecular flexibility index (Phi) is 5.55. The Balaban J connectivity index is 1.83. The number of thioether (sulfide) groups is 1. The third-order valence-electron chi connectivity index (χ3n) is 3.14. The molecule has 0 spiro atoms. The molecule has 0 radical (unpaired) electrons. The molecule has 2 N–H and O–H groups in total. The molecule has 2 unspecified atom stereocenters. The fourth-order valence-corrected chi connectivity index (χ4v) is 3.07. The van der Waals surface area contributed by atoms with Gasteiger partial charge in [0.1, 0.15) is 0 Å². The monoisotopic (exact) mass is 298 g/mol. The second kappa shape index (κ2) is 7.17. The highest BCUT2D eigenvalue weighted by atomic mass is 35.5. The van der Waals surface area contributed by atoms with E-state index >= 15 is 0 Å². The molecule has 3 nitrogen and oxygen atoms in total. The van der Waals surface area contributed by atoms with Gasteiger partial charge in [-0.15, -0.1) is 11.8 Å². The van der Waals surface area contributed by atoms with E-state index in [-0.39, 0.29) is 17.2 Å². The van der Waals surface area contributed by atoms with Crippen LogP contribution in [0, 0.1) is 0 Å². The average Bonchev–Trinajstić information content (AvgIpc) is 2.42. The molecule has 1 amide bonds. The molecule has 0 aromatic heterocycles. The highest BCUT2D eigenvalue weighted by Gasteiger charge is 2.19. The van der Waals surface area contributed by atoms with Gasteiger partial charge in [-0.2, -0.15) is 0 Å². The molecule has 5 heteroatoms. The topological polar surface area (TPSA) is 41.1 Å². The molecule has 0 aliphatic carbocycles. The molecule has 1 heterocycles. The van der Waals surface area contributed by atoms with Gasteiger partial charge >= 0.3 is 0 Å². The lowest BCUT2D eigenvalue weighted by Gasteiger charge is -2.25. The molecule has 0 saturated carbocycles. The van der Waals surface area contributed by atoms with Crippen LogP contribution in [0.5, 0.6) is 0 Å². The fraction of sp³-hybridized carbons (Fsp3) is 0.500. The molecule has 2 rings (SSSR count). The van der Waals surface area contributed by atoms with E-state index in [4.69, 9.17) is 11.6 Å². The molecular weight excluding hydrogens is 280 g/mol. The van der Waals surface area contributed by atoms with E-state index in [0.29, 0.717) is 0 Å². The first-order valence-electron chi connectivity index (χ1n) is 6.58. The second-order valence-corrected chi connectivity index (χ2v) is 6.62. The van der Waals surface area contributed by atoms with Crippen LogP contribution in [0.25, 0.3) is 0 Å². The zero-order valence-electron chi connectivity index (χ0n) is 11.0. The van der Waals surface area contributed by atoms with Crippen LogP contribution in [-0.2, 0) is 4.79 Å². The summed E-state index contributed by atoms with van der Waals surface area (Å²) >= 11 is 7.40. The van der Waals surface area contributed by atoms with Crippen molar-refractivity contribution < 1.29 is 4.79 Å². The summed E-state index contributed by atoms with van der Waals surface area (Å²) in [5.41, 5.74) is 0. The van der Waals surface area contributed by atoms with Crippen LogP contribution in [0.3, 0.4) is 0 Å². The van der Waals surface area contributed by atoms with Gasteiger partial charge in [-0.1, -0.05) is 11.6 Å². The predicted molar refractivity (Wildman–Crippen MR) is 80.8 cm³/mol. The van der Waals surface area contributed by atoms with Crippen molar-refractivity contribution in [2.45, 2.75) is 36.0 Å². The van der Waals surface area contributed by atoms with Crippen LogP contribution in [0.4, 0.5) is 0 Å². The van der Waals surface area contributed by atoms with Crippen molar-refractivity contribution in [1.29, 1.82) is 0 Å². The Labute approximate surface area is 123 Å². The van der Waals surface area contributed by atoms with Gasteiger partial charge in [0.25, 0.3) is 0 Å². The Morgan fingerprint density at radius 3 is 2.84 bits per heavy atom. The van der Waals surface area contributed by atoms with Gasteiger partial charge in [0.15, 0.2) is 0 Å². The highest BCUT2D eigenvalue weighted by molar-refractivity contribution is 8.00. The lowest BCUT2D eigenvalue weighted by molar-refractivity contribution is -0.121. The van der Waals surface area contributed by atoms with Gasteiger partial charge < -0.3 is 10.6 Å². The van der Waals surface area contributed by atoms with Gasteiger partial charge in [-0.25, -0.2) is 0 Å². The third-order valence-corrected chi connectivity index (χ3v) is 4.50. The molecule has 1 fully saturated rings. The van der Waals surface area contributed by atoms with Gasteiger partial charge in [0, 0.05) is 22.5 Å². The van der Waals surface area contributed by atoms with E-state index < -0.39 is 0 Å². The van der Waals surface area contributed by atoms with Crippen molar-refractivity contribution in [2.24, 2.45) is 0 Å². The summed E-state index contributed by atoms with van der Waals surface area (Å²) < 4.78 is 0. The van der Waals surface area contributed by atoms with Crippen LogP contribution in [-0.4, -0.2) is 30.3 Å². The van der Waals surface area contributed by atoms with E-state index in [0.717, 1.165) is 35.8 Å². The van der Waals surface area contributed by atoms with Gasteiger partial charge in [0.05, 0.1) is 5.25 Å². The molecular formula is C14H19ClN2OS. The zero-order chi connectivity index (χ0) is 13.7. The molecule has 1 saturated heterocycles. The number of benzene rings is 1. The van der Waals surface area contributed by atoms with E-state index in [1.807, 2.05) is 31.2 Å². The van der Waals surface area contributed by atoms with Crippen molar-refractivity contribution in [2.75, 3.05) is 13.1 Å². The first-order valence-corrected chi connectivity index (χ1v) is 7.84. The predicted octanol–water partition coefficient (Wildman–Crippen LogP) is 2.69. The average molecular weight is 299 g/mol. The Morgan fingerprint density at radius 1 is 1.47 bits per heavy atom. The lowest BCUT2D eigenvalue weighted by atomic mass is 10.1. The minimum Gasteiger partial charge on any atom is -0.351 e. The van der Waals surface area contributed by atoms with E-state index in [1.54, 1.807) is 11.8 Å². The lowest BCUT2D eigenvalue weighted by Crippen LogP contribution is -2.47. The van der Waals surface area contributed by atoms with Crippen LogP contribution in [0.2, 0.25) is 5.02 Å². The van der Waals surface area contributed by atoms with Crippen LogP contribution in [0.15, 0.2) is 29.2 Å². The van der Waals surface area contributed by atoms with Crippen molar-refractivity contribution in [3.8, 4) is 0 Å². The maximum absolute atomic E-state index is 12.1. The van der Waals surface area contributed by atoms with Gasteiger partial charge in [-0.3, -0.25) is 4.79 Å². The summed E-state index contributed by atoms with van der Waals surface area (Å²) in [5.74, 6) is 0.105. The van der Waals surface area contributed by atoms with Crippen LogP contribution < -0.4 is 10.6 Å².